The number of hydrogen-bond donors (Lipinski definition) is 2. The van der Waals surface area contributed by atoms with Gasteiger partial charge in [-0.2, -0.15) is 0 Å². The maximum atomic E-state index is 14.0. The minimum Gasteiger partial charge on any atom is -0.462 e. The average Bonchev–Trinajstić information content (AvgIpc) is 3.22. The molecule has 0 amide bonds. The fourth-order valence-electron chi connectivity index (χ4n) is 8.73. The summed E-state index contributed by atoms with van der Waals surface area (Å²) in [4.78, 5) is 14.0. The van der Waals surface area contributed by atoms with Crippen molar-refractivity contribution in [2.24, 2.45) is 5.41 Å². The smallest absolute Gasteiger partial charge is 0.312 e. The third-order valence-electron chi connectivity index (χ3n) is 12.7. The molecule has 0 heterocycles. The molecule has 1 atom stereocenters. The normalized spacial score (nSPS) is 12.6. The topological polar surface area (TPSA) is 66.8 Å². The first kappa shape index (κ1) is 56.1. The lowest BCUT2D eigenvalue weighted by atomic mass is 9.74. The standard InChI is InChI=1S/C53H104O4/c1-4-7-10-13-16-19-22-25-28-31-34-37-40-43-46-53(52(56)57-50-51(55)49-54,47-44-41-38-35-32-29-26-23-20-17-14-11-8-5-2)48-45-42-39-36-33-30-27-24-21-18-15-12-9-6-3/h25,28,51,54-55H,4-24,26-27,29-50H2,1-3H3/b28-25-. The van der Waals surface area contributed by atoms with Crippen molar-refractivity contribution < 1.29 is 19.7 Å². The van der Waals surface area contributed by atoms with Crippen LogP contribution < -0.4 is 0 Å². The second kappa shape index (κ2) is 46.2. The van der Waals surface area contributed by atoms with Crippen LogP contribution in [0.3, 0.4) is 0 Å². The molecule has 4 nitrogen and oxygen atoms in total. The van der Waals surface area contributed by atoms with Crippen LogP contribution in [-0.2, 0) is 9.53 Å². The zero-order valence-corrected chi connectivity index (χ0v) is 39.3. The number of aliphatic hydroxyl groups excluding tert-OH is 2. The van der Waals surface area contributed by atoms with Gasteiger partial charge in [-0.3, -0.25) is 4.79 Å². The molecule has 0 aromatic carbocycles. The van der Waals surface area contributed by atoms with Gasteiger partial charge in [0.1, 0.15) is 12.7 Å². The van der Waals surface area contributed by atoms with Crippen LogP contribution in [0.1, 0.15) is 297 Å². The van der Waals surface area contributed by atoms with Crippen LogP contribution in [-0.4, -0.2) is 35.5 Å². The first-order valence-corrected chi connectivity index (χ1v) is 26.2. The molecule has 4 heteroatoms. The Morgan fingerprint density at radius 2 is 0.667 bits per heavy atom. The third-order valence-corrected chi connectivity index (χ3v) is 12.7. The number of rotatable bonds is 48. The SMILES string of the molecule is CCCCCCCC/C=C\CCCCCCC(CCCCCCCCCCCCCCCC)(CCCCCCCCCCCCCCCC)C(=O)OCC(O)CO. The maximum Gasteiger partial charge on any atom is 0.312 e. The van der Waals surface area contributed by atoms with E-state index in [0.29, 0.717) is 0 Å². The van der Waals surface area contributed by atoms with Gasteiger partial charge >= 0.3 is 5.97 Å². The molecule has 0 bridgehead atoms. The van der Waals surface area contributed by atoms with Crippen LogP contribution in [0.2, 0.25) is 0 Å². The summed E-state index contributed by atoms with van der Waals surface area (Å²) in [5, 5.41) is 19.5. The fraction of sp³-hybridized carbons (Fsp3) is 0.943. The molecular weight excluding hydrogens is 701 g/mol. The Hall–Kier alpha value is -0.870. The highest BCUT2D eigenvalue weighted by Gasteiger charge is 2.38. The minimum absolute atomic E-state index is 0.0976. The third kappa shape index (κ3) is 39.0. The predicted molar refractivity (Wildman–Crippen MR) is 251 cm³/mol. The first-order chi connectivity index (χ1) is 28.1. The Morgan fingerprint density at radius 1 is 0.421 bits per heavy atom. The van der Waals surface area contributed by atoms with Crippen LogP contribution in [0.25, 0.3) is 0 Å². The van der Waals surface area contributed by atoms with E-state index in [0.717, 1.165) is 44.9 Å². The Labute approximate surface area is 358 Å². The number of ether oxygens (including phenoxy) is 1. The zero-order valence-electron chi connectivity index (χ0n) is 39.3. The largest absolute Gasteiger partial charge is 0.462 e. The van der Waals surface area contributed by atoms with Gasteiger partial charge < -0.3 is 14.9 Å². The van der Waals surface area contributed by atoms with E-state index >= 15 is 0 Å². The summed E-state index contributed by atoms with van der Waals surface area (Å²) in [6, 6.07) is 0. The summed E-state index contributed by atoms with van der Waals surface area (Å²) < 4.78 is 5.81. The van der Waals surface area contributed by atoms with Gasteiger partial charge in [0.15, 0.2) is 0 Å². The number of allylic oxidation sites excluding steroid dienone is 2. The Kier molecular flexibility index (Phi) is 45.5. The van der Waals surface area contributed by atoms with Gasteiger partial charge in [0.25, 0.3) is 0 Å². The molecule has 0 fully saturated rings. The Bertz CT molecular complexity index is 777. The number of hydrogen-bond acceptors (Lipinski definition) is 4. The van der Waals surface area contributed by atoms with E-state index in [2.05, 4.69) is 32.9 Å². The molecule has 0 saturated carbocycles. The van der Waals surface area contributed by atoms with E-state index in [1.807, 2.05) is 0 Å². The summed E-state index contributed by atoms with van der Waals surface area (Å²) in [6.45, 7) is 6.39. The van der Waals surface area contributed by atoms with Crippen LogP contribution in [0, 0.1) is 5.41 Å². The second-order valence-corrected chi connectivity index (χ2v) is 18.4. The zero-order chi connectivity index (χ0) is 41.6. The van der Waals surface area contributed by atoms with Crippen LogP contribution >= 0.6 is 0 Å². The fourth-order valence-corrected chi connectivity index (χ4v) is 8.73. The van der Waals surface area contributed by atoms with E-state index in [1.54, 1.807) is 0 Å². The average molecular weight is 805 g/mol. The molecule has 0 aromatic heterocycles. The second-order valence-electron chi connectivity index (χ2n) is 18.4. The molecule has 0 saturated heterocycles. The molecule has 0 rings (SSSR count). The molecule has 0 aliphatic rings. The molecule has 0 aliphatic heterocycles. The quantitative estimate of drug-likeness (QED) is 0.0365. The van der Waals surface area contributed by atoms with E-state index in [1.165, 1.54) is 231 Å². The van der Waals surface area contributed by atoms with Gasteiger partial charge in [-0.15, -0.1) is 0 Å². The van der Waals surface area contributed by atoms with Gasteiger partial charge in [0.05, 0.1) is 12.0 Å². The predicted octanol–water partition coefficient (Wildman–Crippen LogP) is 17.3. The van der Waals surface area contributed by atoms with Crippen LogP contribution in [0.4, 0.5) is 0 Å². The van der Waals surface area contributed by atoms with Gasteiger partial charge in [-0.25, -0.2) is 0 Å². The van der Waals surface area contributed by atoms with E-state index < -0.39 is 11.5 Å². The summed E-state index contributed by atoms with van der Waals surface area (Å²) in [6.07, 6.45) is 59.2. The number of aliphatic hydroxyl groups is 2. The van der Waals surface area contributed by atoms with E-state index in [9.17, 15) is 15.0 Å². The van der Waals surface area contributed by atoms with E-state index in [-0.39, 0.29) is 19.2 Å². The Morgan fingerprint density at radius 3 is 0.930 bits per heavy atom. The van der Waals surface area contributed by atoms with E-state index in [4.69, 9.17) is 4.74 Å². The molecule has 2 N–H and O–H groups in total. The van der Waals surface area contributed by atoms with Crippen molar-refractivity contribution in [1.82, 2.24) is 0 Å². The molecular formula is C53H104O4. The lowest BCUT2D eigenvalue weighted by Gasteiger charge is -2.32. The lowest BCUT2D eigenvalue weighted by molar-refractivity contribution is -0.161. The summed E-state index contributed by atoms with van der Waals surface area (Å²) in [5.74, 6) is -0.114. The summed E-state index contributed by atoms with van der Waals surface area (Å²) in [7, 11) is 0. The number of unbranched alkanes of at least 4 members (excludes halogenated alkanes) is 36. The van der Waals surface area contributed by atoms with Gasteiger partial charge in [0, 0.05) is 0 Å². The molecule has 0 radical (unpaired) electrons. The Balaban J connectivity index is 4.89. The number of esters is 1. The highest BCUT2D eigenvalue weighted by atomic mass is 16.5. The van der Waals surface area contributed by atoms with Crippen molar-refractivity contribution in [3.63, 3.8) is 0 Å². The first-order valence-electron chi connectivity index (χ1n) is 26.2. The van der Waals surface area contributed by atoms with Crippen LogP contribution in [0.15, 0.2) is 12.2 Å². The van der Waals surface area contributed by atoms with Crippen molar-refractivity contribution in [1.29, 1.82) is 0 Å². The van der Waals surface area contributed by atoms with Crippen LogP contribution in [0.5, 0.6) is 0 Å². The number of carbonyl (C=O) groups excluding carboxylic acids is 1. The van der Waals surface area contributed by atoms with Gasteiger partial charge in [-0.1, -0.05) is 264 Å². The van der Waals surface area contributed by atoms with Crippen molar-refractivity contribution in [2.75, 3.05) is 13.2 Å². The van der Waals surface area contributed by atoms with Crippen molar-refractivity contribution in [3.8, 4) is 0 Å². The van der Waals surface area contributed by atoms with Crippen molar-refractivity contribution in [2.45, 2.75) is 303 Å². The molecule has 0 aromatic rings. The lowest BCUT2D eigenvalue weighted by Crippen LogP contribution is -2.35. The van der Waals surface area contributed by atoms with Crippen molar-refractivity contribution >= 4 is 5.97 Å². The number of carbonyl (C=O) groups is 1. The van der Waals surface area contributed by atoms with Gasteiger partial charge in [0.2, 0.25) is 0 Å². The summed E-state index contributed by atoms with van der Waals surface area (Å²) in [5.41, 5.74) is -0.458. The monoisotopic (exact) mass is 805 g/mol. The molecule has 340 valence electrons. The summed E-state index contributed by atoms with van der Waals surface area (Å²) >= 11 is 0. The van der Waals surface area contributed by atoms with Crippen molar-refractivity contribution in [3.05, 3.63) is 12.2 Å². The molecule has 0 spiro atoms. The molecule has 0 aliphatic carbocycles. The highest BCUT2D eigenvalue weighted by molar-refractivity contribution is 5.76. The molecule has 1 unspecified atom stereocenters. The van der Waals surface area contributed by atoms with Gasteiger partial charge in [-0.05, 0) is 44.9 Å². The molecule has 57 heavy (non-hydrogen) atoms. The minimum atomic E-state index is -0.997. The maximum absolute atomic E-state index is 14.0. The highest BCUT2D eigenvalue weighted by Crippen LogP contribution is 2.39.